The van der Waals surface area contributed by atoms with Crippen molar-refractivity contribution in [3.05, 3.63) is 34.1 Å². The molecule has 1 N–H and O–H groups in total. The summed E-state index contributed by atoms with van der Waals surface area (Å²) < 4.78 is 5.79. The summed E-state index contributed by atoms with van der Waals surface area (Å²) >= 11 is 3.19. The van der Waals surface area contributed by atoms with Crippen LogP contribution in [0.5, 0.6) is 0 Å². The molecule has 18 heavy (non-hydrogen) atoms. The third-order valence-corrected chi connectivity index (χ3v) is 2.71. The second-order valence-corrected chi connectivity index (χ2v) is 5.08. The van der Waals surface area contributed by atoms with Crippen LogP contribution in [0.3, 0.4) is 0 Å². The minimum atomic E-state index is -0.197. The van der Waals surface area contributed by atoms with E-state index in [1.807, 2.05) is 0 Å². The summed E-state index contributed by atoms with van der Waals surface area (Å²) in [5.41, 5.74) is 2.27. The van der Waals surface area contributed by atoms with Gasteiger partial charge in [-0.25, -0.2) is 4.98 Å². The number of carbonyl (C=O) groups is 1. The first-order valence-corrected chi connectivity index (χ1v) is 6.13. The van der Waals surface area contributed by atoms with Crippen molar-refractivity contribution in [1.82, 2.24) is 15.5 Å². The molecule has 0 spiro atoms. The Balaban J connectivity index is 2.45. The summed E-state index contributed by atoms with van der Waals surface area (Å²) in [6, 6.07) is 1.72. The van der Waals surface area contributed by atoms with Crippen molar-refractivity contribution >= 4 is 32.9 Å². The predicted octanol–water partition coefficient (Wildman–Crippen LogP) is 2.48. The van der Waals surface area contributed by atoms with Crippen molar-refractivity contribution in [2.75, 3.05) is 6.54 Å². The van der Waals surface area contributed by atoms with E-state index in [1.165, 1.54) is 0 Å². The Bertz CT molecular complexity index is 634. The van der Waals surface area contributed by atoms with Crippen molar-refractivity contribution in [2.45, 2.75) is 13.8 Å². The van der Waals surface area contributed by atoms with Gasteiger partial charge in [-0.2, -0.15) is 0 Å². The molecule has 0 fully saturated rings. The Labute approximate surface area is 112 Å². The second-order valence-electron chi connectivity index (χ2n) is 3.96. The molecule has 2 heterocycles. The van der Waals surface area contributed by atoms with Crippen LogP contribution in [0.1, 0.15) is 21.7 Å². The monoisotopic (exact) mass is 309 g/mol. The highest BCUT2D eigenvalue weighted by atomic mass is 79.9. The number of pyridine rings is 1. The van der Waals surface area contributed by atoms with Crippen LogP contribution in [-0.2, 0) is 0 Å². The molecule has 0 aliphatic heterocycles. The summed E-state index contributed by atoms with van der Waals surface area (Å²) in [7, 11) is 0. The number of aromatic nitrogens is 2. The maximum absolute atomic E-state index is 12.1. The Morgan fingerprint density at radius 2 is 2.28 bits per heavy atom. The van der Waals surface area contributed by atoms with Gasteiger partial charge in [0.2, 0.25) is 0 Å². The summed E-state index contributed by atoms with van der Waals surface area (Å²) in [6.45, 7) is 7.62. The fourth-order valence-corrected chi connectivity index (χ4v) is 1.81. The molecule has 2 aromatic heterocycles. The van der Waals surface area contributed by atoms with E-state index in [1.54, 1.807) is 19.9 Å². The highest BCUT2D eigenvalue weighted by molar-refractivity contribution is 9.11. The van der Waals surface area contributed by atoms with Crippen molar-refractivity contribution in [2.24, 2.45) is 0 Å². The zero-order chi connectivity index (χ0) is 13.3. The highest BCUT2D eigenvalue weighted by Gasteiger charge is 2.17. The van der Waals surface area contributed by atoms with Crippen LogP contribution >= 0.6 is 15.9 Å². The predicted molar refractivity (Wildman–Crippen MR) is 71.7 cm³/mol. The van der Waals surface area contributed by atoms with E-state index < -0.39 is 0 Å². The van der Waals surface area contributed by atoms with Crippen LogP contribution in [0.4, 0.5) is 0 Å². The number of halogens is 1. The minimum absolute atomic E-state index is 0.197. The lowest BCUT2D eigenvalue weighted by atomic mass is 10.1. The lowest BCUT2D eigenvalue weighted by Crippen LogP contribution is -2.24. The smallest absolute Gasteiger partial charge is 0.258 e. The van der Waals surface area contributed by atoms with Crippen molar-refractivity contribution in [1.29, 1.82) is 0 Å². The van der Waals surface area contributed by atoms with Gasteiger partial charge in [0.25, 0.3) is 11.6 Å². The van der Waals surface area contributed by atoms with Crippen molar-refractivity contribution in [3.8, 4) is 0 Å². The van der Waals surface area contributed by atoms with E-state index >= 15 is 0 Å². The Kier molecular flexibility index (Phi) is 3.47. The van der Waals surface area contributed by atoms with Gasteiger partial charge >= 0.3 is 0 Å². The van der Waals surface area contributed by atoms with Gasteiger partial charge in [-0.1, -0.05) is 27.7 Å². The maximum Gasteiger partial charge on any atom is 0.258 e. The zero-order valence-corrected chi connectivity index (χ0v) is 11.7. The molecule has 0 unspecified atom stereocenters. The third kappa shape index (κ3) is 2.43. The molecule has 0 saturated heterocycles. The molecule has 1 amide bonds. The number of hydrogen-bond acceptors (Lipinski definition) is 4. The van der Waals surface area contributed by atoms with E-state index in [9.17, 15) is 4.79 Å². The number of nitrogens with zero attached hydrogens (tertiary/aromatic N) is 2. The summed E-state index contributed by atoms with van der Waals surface area (Å²) in [5.74, 6) is -0.197. The summed E-state index contributed by atoms with van der Waals surface area (Å²) in [4.78, 5) is 16.3. The van der Waals surface area contributed by atoms with Crippen LogP contribution in [0, 0.1) is 13.8 Å². The van der Waals surface area contributed by atoms with Crippen LogP contribution in [0.25, 0.3) is 11.1 Å². The SMILES string of the molecule is C=C(Br)CNC(=O)c1cc(C)nc2onc(C)c12. The normalized spacial score (nSPS) is 10.6. The molecule has 2 aromatic rings. The lowest BCUT2D eigenvalue weighted by Gasteiger charge is -2.05. The van der Waals surface area contributed by atoms with Gasteiger partial charge in [-0.15, -0.1) is 0 Å². The highest BCUT2D eigenvalue weighted by Crippen LogP contribution is 2.21. The Hall–Kier alpha value is -1.69. The first-order chi connectivity index (χ1) is 8.49. The second kappa shape index (κ2) is 4.89. The maximum atomic E-state index is 12.1. The van der Waals surface area contributed by atoms with Crippen LogP contribution < -0.4 is 5.32 Å². The zero-order valence-electron chi connectivity index (χ0n) is 10.1. The van der Waals surface area contributed by atoms with Crippen LogP contribution in [0.2, 0.25) is 0 Å². The number of fused-ring (bicyclic) bond motifs is 1. The van der Waals surface area contributed by atoms with Gasteiger partial charge in [-0.3, -0.25) is 4.79 Å². The topological polar surface area (TPSA) is 68.0 Å². The van der Waals surface area contributed by atoms with Gasteiger partial charge in [0.1, 0.15) is 0 Å². The van der Waals surface area contributed by atoms with Gasteiger partial charge < -0.3 is 9.84 Å². The third-order valence-electron chi connectivity index (χ3n) is 2.43. The fraction of sp³-hybridized carbons (Fsp3) is 0.250. The molecule has 0 aromatic carbocycles. The molecule has 94 valence electrons. The number of amides is 1. The molecule has 0 saturated carbocycles. The summed E-state index contributed by atoms with van der Waals surface area (Å²) in [5, 5.41) is 7.23. The Morgan fingerprint density at radius 3 is 2.94 bits per heavy atom. The standard InChI is InChI=1S/C12H12BrN3O2/c1-6(13)5-14-11(17)9-4-7(2)15-12-10(9)8(3)16-18-12/h4H,1,5H2,2-3H3,(H,14,17). The van der Waals surface area contributed by atoms with E-state index in [-0.39, 0.29) is 5.91 Å². The molecule has 0 aliphatic rings. The number of carbonyl (C=O) groups excluding carboxylic acids is 1. The average Bonchev–Trinajstić information content (AvgIpc) is 2.66. The number of aryl methyl sites for hydroxylation is 2. The molecule has 6 heteroatoms. The number of rotatable bonds is 3. The molecule has 2 rings (SSSR count). The van der Waals surface area contributed by atoms with Gasteiger partial charge in [-0.05, 0) is 19.9 Å². The molecule has 0 atom stereocenters. The Morgan fingerprint density at radius 1 is 1.56 bits per heavy atom. The molecule has 0 bridgehead atoms. The number of nitrogens with one attached hydrogen (secondary N) is 1. The quantitative estimate of drug-likeness (QED) is 0.945. The minimum Gasteiger partial charge on any atom is -0.347 e. The average molecular weight is 310 g/mol. The van der Waals surface area contributed by atoms with E-state index in [4.69, 9.17) is 4.52 Å². The molecule has 0 aliphatic carbocycles. The first-order valence-electron chi connectivity index (χ1n) is 5.34. The molecule has 5 nitrogen and oxygen atoms in total. The lowest BCUT2D eigenvalue weighted by molar-refractivity contribution is 0.0959. The van der Waals surface area contributed by atoms with E-state index in [0.717, 1.165) is 0 Å². The van der Waals surface area contributed by atoms with Gasteiger partial charge in [0.05, 0.1) is 16.6 Å². The molecular weight excluding hydrogens is 298 g/mol. The van der Waals surface area contributed by atoms with Crippen molar-refractivity contribution in [3.63, 3.8) is 0 Å². The first kappa shape index (κ1) is 12.8. The van der Waals surface area contributed by atoms with Gasteiger partial charge in [0.15, 0.2) is 0 Å². The van der Waals surface area contributed by atoms with Crippen LogP contribution in [0.15, 0.2) is 21.7 Å². The molecule has 0 radical (unpaired) electrons. The summed E-state index contributed by atoms with van der Waals surface area (Å²) in [6.07, 6.45) is 0. The van der Waals surface area contributed by atoms with E-state index in [0.29, 0.717) is 39.1 Å². The molecular formula is C12H12BrN3O2. The van der Waals surface area contributed by atoms with Crippen molar-refractivity contribution < 1.29 is 9.32 Å². The van der Waals surface area contributed by atoms with E-state index in [2.05, 4.69) is 38.0 Å². The number of hydrogen-bond donors (Lipinski definition) is 1. The largest absolute Gasteiger partial charge is 0.347 e. The fourth-order valence-electron chi connectivity index (χ4n) is 1.67. The van der Waals surface area contributed by atoms with Gasteiger partial charge in [0, 0.05) is 16.7 Å². The van der Waals surface area contributed by atoms with Crippen LogP contribution in [-0.4, -0.2) is 22.6 Å².